The highest BCUT2D eigenvalue weighted by molar-refractivity contribution is 5.90. The molecule has 1 saturated heterocycles. The molecule has 0 spiro atoms. The number of carbonyl (C=O) groups excluding carboxylic acids is 2. The largest absolute Gasteiger partial charge is 0.458 e. The number of ketones is 1. The van der Waals surface area contributed by atoms with Crippen LogP contribution < -0.4 is 0 Å². The smallest absolute Gasteiger partial charge is 0.334 e. The molecule has 2 aliphatic heterocycles. The van der Waals surface area contributed by atoms with Gasteiger partial charge in [-0.2, -0.15) is 0 Å². The molecule has 0 aromatic carbocycles. The van der Waals surface area contributed by atoms with Crippen LogP contribution in [0.4, 0.5) is 0 Å². The molecule has 25 heavy (non-hydrogen) atoms. The van der Waals surface area contributed by atoms with E-state index in [9.17, 15) is 14.7 Å². The predicted molar refractivity (Wildman–Crippen MR) is 92.6 cm³/mol. The Labute approximate surface area is 149 Å². The van der Waals surface area contributed by atoms with Gasteiger partial charge in [0.25, 0.3) is 0 Å². The summed E-state index contributed by atoms with van der Waals surface area (Å²) in [5.41, 5.74) is 0.0313. The summed E-state index contributed by atoms with van der Waals surface area (Å²) in [7, 11) is 0. The van der Waals surface area contributed by atoms with Crippen LogP contribution in [-0.4, -0.2) is 35.4 Å². The fraction of sp³-hybridized carbons (Fsp3) is 0.800. The van der Waals surface area contributed by atoms with Gasteiger partial charge in [0.05, 0.1) is 0 Å². The molecule has 0 aromatic heterocycles. The number of Topliss-reactive ketones (excluding diaryl/α,β-unsaturated/α-hetero) is 1. The summed E-state index contributed by atoms with van der Waals surface area (Å²) in [6, 6.07) is 0. The first-order chi connectivity index (χ1) is 11.6. The Bertz CT molecular complexity index is 607. The molecule has 2 fully saturated rings. The number of fused-ring (bicyclic) bond motifs is 1. The van der Waals surface area contributed by atoms with Gasteiger partial charge in [-0.15, -0.1) is 0 Å². The lowest BCUT2D eigenvalue weighted by Crippen LogP contribution is -2.52. The number of cyclic esters (lactones) is 1. The molecule has 0 aromatic rings. The molecule has 2 heterocycles. The van der Waals surface area contributed by atoms with Gasteiger partial charge in [0.2, 0.25) is 0 Å². The Morgan fingerprint density at radius 1 is 1.32 bits per heavy atom. The van der Waals surface area contributed by atoms with Gasteiger partial charge in [-0.05, 0) is 30.8 Å². The second kappa shape index (κ2) is 6.20. The first-order valence-electron chi connectivity index (χ1n) is 9.44. The third kappa shape index (κ3) is 2.85. The number of rotatable bonds is 5. The molecule has 0 amide bonds. The van der Waals surface area contributed by atoms with E-state index in [4.69, 9.17) is 9.47 Å². The third-order valence-electron chi connectivity index (χ3n) is 6.77. The fourth-order valence-corrected chi connectivity index (χ4v) is 5.38. The lowest BCUT2D eigenvalue weighted by Gasteiger charge is -2.51. The summed E-state index contributed by atoms with van der Waals surface area (Å²) in [6.07, 6.45) is 5.17. The average molecular weight is 350 g/mol. The molecule has 3 aliphatic rings. The monoisotopic (exact) mass is 350 g/mol. The number of hydrogen-bond donors (Lipinski definition) is 1. The van der Waals surface area contributed by atoms with Crippen LogP contribution in [0.15, 0.2) is 11.6 Å². The van der Waals surface area contributed by atoms with E-state index in [0.29, 0.717) is 31.4 Å². The van der Waals surface area contributed by atoms with Crippen molar-refractivity contribution >= 4 is 11.8 Å². The van der Waals surface area contributed by atoms with Gasteiger partial charge in [0, 0.05) is 29.7 Å². The zero-order chi connectivity index (χ0) is 18.5. The quantitative estimate of drug-likeness (QED) is 0.771. The normalized spacial score (nSPS) is 39.7. The number of esters is 1. The molecule has 5 nitrogen and oxygen atoms in total. The topological polar surface area (TPSA) is 72.8 Å². The second-order valence-electron chi connectivity index (χ2n) is 8.71. The first-order valence-corrected chi connectivity index (χ1v) is 9.44. The summed E-state index contributed by atoms with van der Waals surface area (Å²) >= 11 is 0. The highest BCUT2D eigenvalue weighted by Gasteiger charge is 2.67. The van der Waals surface area contributed by atoms with E-state index in [0.717, 1.165) is 19.3 Å². The van der Waals surface area contributed by atoms with Gasteiger partial charge < -0.3 is 14.6 Å². The number of hydrogen-bond acceptors (Lipinski definition) is 5. The SMILES string of the molecule is CCC(=O)C1OC(O)(CCC2=CCOC2=O)C2(C)CCCC(C)(C)C12. The van der Waals surface area contributed by atoms with E-state index in [1.165, 1.54) is 0 Å². The van der Waals surface area contributed by atoms with Gasteiger partial charge in [-0.25, -0.2) is 4.79 Å². The van der Waals surface area contributed by atoms with Gasteiger partial charge >= 0.3 is 5.97 Å². The molecule has 5 heteroatoms. The molecule has 3 rings (SSSR count). The van der Waals surface area contributed by atoms with Crippen molar-refractivity contribution in [3.05, 3.63) is 11.6 Å². The predicted octanol–water partition coefficient (Wildman–Crippen LogP) is 3.15. The van der Waals surface area contributed by atoms with E-state index < -0.39 is 17.3 Å². The van der Waals surface area contributed by atoms with E-state index >= 15 is 0 Å². The Morgan fingerprint density at radius 3 is 2.64 bits per heavy atom. The van der Waals surface area contributed by atoms with Crippen LogP contribution in [0.2, 0.25) is 0 Å². The summed E-state index contributed by atoms with van der Waals surface area (Å²) in [5, 5.41) is 11.5. The van der Waals surface area contributed by atoms with Crippen molar-refractivity contribution in [1.29, 1.82) is 0 Å². The van der Waals surface area contributed by atoms with Crippen molar-refractivity contribution in [3.8, 4) is 0 Å². The minimum Gasteiger partial charge on any atom is -0.458 e. The summed E-state index contributed by atoms with van der Waals surface area (Å²) in [4.78, 5) is 24.3. The average Bonchev–Trinajstić information content (AvgIpc) is 3.05. The molecule has 1 N–H and O–H groups in total. The Morgan fingerprint density at radius 2 is 2.04 bits per heavy atom. The molecule has 4 unspecified atom stereocenters. The van der Waals surface area contributed by atoms with Gasteiger partial charge in [0.15, 0.2) is 11.6 Å². The van der Waals surface area contributed by atoms with Crippen LogP contribution in [0, 0.1) is 16.7 Å². The van der Waals surface area contributed by atoms with Crippen LogP contribution in [0.1, 0.15) is 66.2 Å². The van der Waals surface area contributed by atoms with E-state index in [2.05, 4.69) is 20.8 Å². The summed E-state index contributed by atoms with van der Waals surface area (Å²) < 4.78 is 11.1. The zero-order valence-corrected chi connectivity index (χ0v) is 15.8. The minimum absolute atomic E-state index is 0.0179. The van der Waals surface area contributed by atoms with Crippen LogP contribution in [0.5, 0.6) is 0 Å². The molecule has 4 atom stereocenters. The fourth-order valence-electron chi connectivity index (χ4n) is 5.38. The standard InChI is InChI=1S/C20H30O5/c1-5-14(21)15-16-18(2,3)9-6-10-19(16,4)20(23,25-15)11-7-13-8-12-24-17(13)22/h8,15-16,23H,5-7,9-12H2,1-4H3. The van der Waals surface area contributed by atoms with Crippen molar-refractivity contribution in [2.45, 2.75) is 78.1 Å². The van der Waals surface area contributed by atoms with Gasteiger partial charge in [-0.1, -0.05) is 34.1 Å². The van der Waals surface area contributed by atoms with Crippen LogP contribution in [0.25, 0.3) is 0 Å². The van der Waals surface area contributed by atoms with Crippen molar-refractivity contribution in [2.24, 2.45) is 16.7 Å². The molecule has 0 bridgehead atoms. The maximum absolute atomic E-state index is 12.6. The number of aliphatic hydroxyl groups is 1. The third-order valence-corrected chi connectivity index (χ3v) is 6.77. The highest BCUT2D eigenvalue weighted by Crippen LogP contribution is 2.64. The zero-order valence-electron chi connectivity index (χ0n) is 15.8. The van der Waals surface area contributed by atoms with Crippen molar-refractivity contribution < 1.29 is 24.2 Å². The molecule has 1 saturated carbocycles. The second-order valence-corrected chi connectivity index (χ2v) is 8.71. The van der Waals surface area contributed by atoms with Crippen molar-refractivity contribution in [1.82, 2.24) is 0 Å². The highest BCUT2D eigenvalue weighted by atomic mass is 16.6. The maximum atomic E-state index is 12.6. The van der Waals surface area contributed by atoms with Crippen LogP contribution in [-0.2, 0) is 19.1 Å². The molecular weight excluding hydrogens is 320 g/mol. The lowest BCUT2D eigenvalue weighted by molar-refractivity contribution is -0.244. The van der Waals surface area contributed by atoms with Crippen LogP contribution in [0.3, 0.4) is 0 Å². The lowest BCUT2D eigenvalue weighted by atomic mass is 9.53. The van der Waals surface area contributed by atoms with Gasteiger partial charge in [0.1, 0.15) is 12.7 Å². The molecule has 0 radical (unpaired) electrons. The van der Waals surface area contributed by atoms with Gasteiger partial charge in [-0.3, -0.25) is 4.79 Å². The molecular formula is C20H30O5. The van der Waals surface area contributed by atoms with Crippen molar-refractivity contribution in [3.63, 3.8) is 0 Å². The van der Waals surface area contributed by atoms with E-state index in [1.807, 2.05) is 6.92 Å². The first kappa shape index (κ1) is 18.6. The van der Waals surface area contributed by atoms with E-state index in [-0.39, 0.29) is 23.1 Å². The summed E-state index contributed by atoms with van der Waals surface area (Å²) in [5.74, 6) is -1.67. The molecule has 140 valence electrons. The number of ether oxygens (including phenoxy) is 2. The Hall–Kier alpha value is -1.20. The molecule has 1 aliphatic carbocycles. The van der Waals surface area contributed by atoms with Crippen LogP contribution >= 0.6 is 0 Å². The Kier molecular flexibility index (Phi) is 4.61. The summed E-state index contributed by atoms with van der Waals surface area (Å²) in [6.45, 7) is 8.56. The van der Waals surface area contributed by atoms with E-state index in [1.54, 1.807) is 6.08 Å². The number of carbonyl (C=O) groups is 2. The minimum atomic E-state index is -1.39. The Balaban J connectivity index is 1.90. The van der Waals surface area contributed by atoms with Crippen molar-refractivity contribution in [2.75, 3.05) is 6.61 Å². The maximum Gasteiger partial charge on any atom is 0.334 e.